The third kappa shape index (κ3) is 1.48. The molecule has 12 heavy (non-hydrogen) atoms. The van der Waals surface area contributed by atoms with E-state index in [0.717, 1.165) is 6.08 Å². The second-order valence-electron chi connectivity index (χ2n) is 2.71. The Hall–Kier alpha value is -0.900. The topological polar surface area (TPSA) is 29.4 Å². The summed E-state index contributed by atoms with van der Waals surface area (Å²) in [5.41, 5.74) is -1.85. The van der Waals surface area contributed by atoms with E-state index in [4.69, 9.17) is 0 Å². The van der Waals surface area contributed by atoms with Crippen LogP contribution in [-0.4, -0.2) is 24.0 Å². The molecular weight excluding hydrogens is 178 g/mol. The molecule has 1 aliphatic rings. The van der Waals surface area contributed by atoms with Crippen molar-refractivity contribution in [3.63, 3.8) is 0 Å². The molecule has 1 saturated carbocycles. The number of hydrogen-bond donors (Lipinski definition) is 0. The highest BCUT2D eigenvalue weighted by Crippen LogP contribution is 2.49. The van der Waals surface area contributed by atoms with Gasteiger partial charge in [-0.25, -0.2) is 9.18 Å². The summed E-state index contributed by atoms with van der Waals surface area (Å²) in [6.45, 7) is 0. The van der Waals surface area contributed by atoms with E-state index in [1.54, 1.807) is 0 Å². The Morgan fingerprint density at radius 3 is 2.17 bits per heavy atom. The molecule has 0 heterocycles. The van der Waals surface area contributed by atoms with Gasteiger partial charge in [-0.3, -0.25) is 0 Å². The summed E-state index contributed by atoms with van der Waals surface area (Å²) in [6, 6.07) is 0. The van der Waals surface area contributed by atoms with Crippen LogP contribution < -0.4 is 0 Å². The maximum atomic E-state index is 12.5. The van der Waals surface area contributed by atoms with Crippen LogP contribution in [0.2, 0.25) is 0 Å². The Kier molecular flexibility index (Phi) is 1.96. The number of carbonyl (C=O) groups excluding carboxylic acids is 1. The van der Waals surface area contributed by atoms with Crippen LogP contribution in [0.15, 0.2) is 4.99 Å². The highest BCUT2D eigenvalue weighted by atomic mass is 19.4. The molecule has 1 aliphatic carbocycles. The summed E-state index contributed by atoms with van der Waals surface area (Å²) in [6.07, 6.45) is -7.09. The van der Waals surface area contributed by atoms with Crippen LogP contribution in [0.1, 0.15) is 12.8 Å². The van der Waals surface area contributed by atoms with Gasteiger partial charge in [-0.1, -0.05) is 0 Å². The molecule has 0 bridgehead atoms. The van der Waals surface area contributed by atoms with Gasteiger partial charge in [-0.05, 0) is 12.8 Å². The van der Waals surface area contributed by atoms with Gasteiger partial charge in [0.05, 0.1) is 0 Å². The van der Waals surface area contributed by atoms with Crippen molar-refractivity contribution < 1.29 is 22.4 Å². The Bertz CT molecular complexity index is 226. The van der Waals surface area contributed by atoms with E-state index in [9.17, 15) is 22.4 Å². The van der Waals surface area contributed by atoms with E-state index in [1.165, 1.54) is 0 Å². The lowest BCUT2D eigenvalue weighted by Gasteiger charge is -2.16. The summed E-state index contributed by atoms with van der Waals surface area (Å²) in [5, 5.41) is 0. The van der Waals surface area contributed by atoms with Crippen LogP contribution in [0.5, 0.6) is 0 Å². The number of isocyanates is 1. The normalized spacial score (nSPS) is 22.7. The minimum atomic E-state index is -4.93. The van der Waals surface area contributed by atoms with Crippen LogP contribution >= 0.6 is 0 Å². The van der Waals surface area contributed by atoms with Crippen LogP contribution in [0.3, 0.4) is 0 Å². The number of alkyl halides is 4. The Labute approximate surface area is 65.3 Å². The average Bonchev–Trinajstić information content (AvgIpc) is 2.67. The van der Waals surface area contributed by atoms with Gasteiger partial charge in [0.25, 0.3) is 0 Å². The highest BCUT2D eigenvalue weighted by Gasteiger charge is 2.61. The fourth-order valence-corrected chi connectivity index (χ4v) is 0.946. The molecule has 1 fully saturated rings. The van der Waals surface area contributed by atoms with E-state index < -0.39 is 17.9 Å². The van der Waals surface area contributed by atoms with E-state index in [2.05, 4.69) is 4.99 Å². The second kappa shape index (κ2) is 2.55. The molecule has 0 amide bonds. The Morgan fingerprint density at radius 1 is 1.42 bits per heavy atom. The molecule has 1 atom stereocenters. The minimum absolute atomic E-state index is 0.0388. The molecule has 0 spiro atoms. The van der Waals surface area contributed by atoms with Crippen molar-refractivity contribution >= 4 is 6.08 Å². The van der Waals surface area contributed by atoms with Crippen molar-refractivity contribution in [3.8, 4) is 0 Å². The second-order valence-corrected chi connectivity index (χ2v) is 2.71. The van der Waals surface area contributed by atoms with Crippen LogP contribution in [0, 0.1) is 0 Å². The van der Waals surface area contributed by atoms with Crippen LogP contribution in [0.4, 0.5) is 17.6 Å². The highest BCUT2D eigenvalue weighted by molar-refractivity contribution is 5.37. The summed E-state index contributed by atoms with van der Waals surface area (Å²) >= 11 is 0. The van der Waals surface area contributed by atoms with E-state index in [-0.39, 0.29) is 12.8 Å². The third-order valence-corrected chi connectivity index (χ3v) is 1.79. The number of aliphatic imine (C=N–C) groups is 1. The zero-order valence-electron chi connectivity index (χ0n) is 5.86. The fourth-order valence-electron chi connectivity index (χ4n) is 0.946. The molecule has 2 nitrogen and oxygen atoms in total. The molecule has 6 heteroatoms. The molecule has 0 aromatic heterocycles. The number of hydrogen-bond acceptors (Lipinski definition) is 2. The van der Waals surface area contributed by atoms with Gasteiger partial charge in [0.15, 0.2) is 0 Å². The number of halogens is 4. The maximum absolute atomic E-state index is 12.5. The first-order valence-electron chi connectivity index (χ1n) is 3.22. The molecular formula is C6H5F4NO. The maximum Gasteiger partial charge on any atom is 0.422 e. The van der Waals surface area contributed by atoms with Crippen molar-refractivity contribution in [3.05, 3.63) is 0 Å². The summed E-state index contributed by atoms with van der Waals surface area (Å²) in [4.78, 5) is 12.5. The first kappa shape index (κ1) is 9.19. The smallest absolute Gasteiger partial charge is 0.235 e. The molecule has 68 valence electrons. The largest absolute Gasteiger partial charge is 0.422 e. The number of nitrogens with zero attached hydrogens (tertiary/aromatic N) is 1. The fraction of sp³-hybridized carbons (Fsp3) is 0.833. The van der Waals surface area contributed by atoms with Gasteiger partial charge in [-0.2, -0.15) is 18.2 Å². The first-order valence-corrected chi connectivity index (χ1v) is 3.22. The predicted molar refractivity (Wildman–Crippen MR) is 31.0 cm³/mol. The van der Waals surface area contributed by atoms with E-state index >= 15 is 0 Å². The Morgan fingerprint density at radius 2 is 1.92 bits per heavy atom. The summed E-state index contributed by atoms with van der Waals surface area (Å²) < 4.78 is 47.8. The van der Waals surface area contributed by atoms with Crippen molar-refractivity contribution in [2.24, 2.45) is 4.99 Å². The zero-order valence-corrected chi connectivity index (χ0v) is 5.86. The van der Waals surface area contributed by atoms with Gasteiger partial charge in [-0.15, -0.1) is 0 Å². The lowest BCUT2D eigenvalue weighted by atomic mass is 10.1. The van der Waals surface area contributed by atoms with E-state index in [1.807, 2.05) is 0 Å². The quantitative estimate of drug-likeness (QED) is 0.364. The predicted octanol–water partition coefficient (Wildman–Crippen LogP) is 1.76. The van der Waals surface area contributed by atoms with Gasteiger partial charge >= 0.3 is 6.18 Å². The van der Waals surface area contributed by atoms with E-state index in [0.29, 0.717) is 0 Å². The molecule has 0 N–H and O–H groups in total. The molecule has 1 rings (SSSR count). The van der Waals surface area contributed by atoms with Crippen molar-refractivity contribution in [2.45, 2.75) is 30.7 Å². The molecule has 1 unspecified atom stereocenters. The molecule has 0 aromatic rings. The zero-order chi connectivity index (χ0) is 9.41. The lowest BCUT2D eigenvalue weighted by molar-refractivity contribution is -0.188. The standard InChI is InChI=1S/C6H5F4NO/c7-4(6(8,9)10)5(1-2-5)11-3-12/h4H,1-2H2. The van der Waals surface area contributed by atoms with Gasteiger partial charge in [0, 0.05) is 0 Å². The van der Waals surface area contributed by atoms with Gasteiger partial charge in [0.2, 0.25) is 12.3 Å². The lowest BCUT2D eigenvalue weighted by Crippen LogP contribution is -2.36. The van der Waals surface area contributed by atoms with Gasteiger partial charge in [0.1, 0.15) is 5.54 Å². The van der Waals surface area contributed by atoms with Crippen LogP contribution in [0.25, 0.3) is 0 Å². The Balaban J connectivity index is 2.76. The van der Waals surface area contributed by atoms with Crippen LogP contribution in [-0.2, 0) is 4.79 Å². The minimum Gasteiger partial charge on any atom is -0.235 e. The SMILES string of the molecule is O=C=NC1(C(F)C(F)(F)F)CC1. The number of rotatable bonds is 2. The molecule has 0 aliphatic heterocycles. The molecule has 0 aromatic carbocycles. The molecule has 0 radical (unpaired) electrons. The first-order chi connectivity index (χ1) is 5.42. The summed E-state index contributed by atoms with van der Waals surface area (Å²) in [7, 11) is 0. The summed E-state index contributed by atoms with van der Waals surface area (Å²) in [5.74, 6) is 0. The van der Waals surface area contributed by atoms with Crippen molar-refractivity contribution in [1.29, 1.82) is 0 Å². The average molecular weight is 183 g/mol. The third-order valence-electron chi connectivity index (χ3n) is 1.79. The van der Waals surface area contributed by atoms with Gasteiger partial charge < -0.3 is 0 Å². The molecule has 0 saturated heterocycles. The van der Waals surface area contributed by atoms with Crippen molar-refractivity contribution in [2.75, 3.05) is 0 Å². The monoisotopic (exact) mass is 183 g/mol. The van der Waals surface area contributed by atoms with Crippen molar-refractivity contribution in [1.82, 2.24) is 0 Å².